The lowest BCUT2D eigenvalue weighted by Gasteiger charge is -2.08. The molecular weight excluding hydrogens is 222 g/mol. The quantitative estimate of drug-likeness (QED) is 0.892. The number of aromatic nitrogens is 2. The highest BCUT2D eigenvalue weighted by atomic mass is 15.3. The Morgan fingerprint density at radius 3 is 2.72 bits per heavy atom. The molecule has 1 heterocycles. The van der Waals surface area contributed by atoms with Gasteiger partial charge in [0.1, 0.15) is 5.69 Å². The molecule has 3 nitrogen and oxygen atoms in total. The van der Waals surface area contributed by atoms with Crippen LogP contribution in [-0.4, -0.2) is 9.78 Å². The molecular formula is C15H21N3. The van der Waals surface area contributed by atoms with E-state index in [4.69, 9.17) is 5.73 Å². The minimum atomic E-state index is 0.381. The average molecular weight is 243 g/mol. The maximum atomic E-state index is 6.10. The normalized spacial score (nSPS) is 12.7. The smallest absolute Gasteiger partial charge is 0.115 e. The van der Waals surface area contributed by atoms with E-state index in [1.165, 1.54) is 11.1 Å². The first-order valence-corrected chi connectivity index (χ1v) is 6.45. The first-order chi connectivity index (χ1) is 8.52. The molecule has 2 rings (SSSR count). The van der Waals surface area contributed by atoms with Crippen molar-refractivity contribution >= 4 is 5.69 Å². The van der Waals surface area contributed by atoms with Crippen molar-refractivity contribution in [3.63, 3.8) is 0 Å². The summed E-state index contributed by atoms with van der Waals surface area (Å²) in [6.45, 7) is 8.49. The topological polar surface area (TPSA) is 43.8 Å². The first kappa shape index (κ1) is 12.7. The van der Waals surface area contributed by atoms with Gasteiger partial charge in [0.15, 0.2) is 0 Å². The summed E-state index contributed by atoms with van der Waals surface area (Å²) in [6.07, 6.45) is 2.98. The second-order valence-electron chi connectivity index (χ2n) is 4.99. The second kappa shape index (κ2) is 4.84. The molecule has 2 N–H and O–H groups in total. The van der Waals surface area contributed by atoms with Crippen LogP contribution < -0.4 is 5.73 Å². The lowest BCUT2D eigenvalue weighted by molar-refractivity contribution is 0.479. The molecule has 0 saturated heterocycles. The number of hydrogen-bond acceptors (Lipinski definition) is 2. The number of hydrogen-bond donors (Lipinski definition) is 1. The van der Waals surface area contributed by atoms with Gasteiger partial charge in [-0.2, -0.15) is 5.10 Å². The van der Waals surface area contributed by atoms with Crippen molar-refractivity contribution in [1.29, 1.82) is 0 Å². The number of nitrogens with two attached hydrogens (primary N) is 1. The molecule has 0 bridgehead atoms. The number of benzene rings is 1. The highest BCUT2D eigenvalue weighted by Gasteiger charge is 2.13. The monoisotopic (exact) mass is 243 g/mol. The van der Waals surface area contributed by atoms with Crippen LogP contribution in [0.4, 0.5) is 5.69 Å². The fourth-order valence-electron chi connectivity index (χ4n) is 2.02. The van der Waals surface area contributed by atoms with Gasteiger partial charge in [0.2, 0.25) is 0 Å². The van der Waals surface area contributed by atoms with Crippen molar-refractivity contribution < 1.29 is 0 Å². The molecule has 96 valence electrons. The van der Waals surface area contributed by atoms with E-state index >= 15 is 0 Å². The largest absolute Gasteiger partial charge is 0.396 e. The van der Waals surface area contributed by atoms with Crippen molar-refractivity contribution in [2.75, 3.05) is 5.73 Å². The van der Waals surface area contributed by atoms with Crippen molar-refractivity contribution in [1.82, 2.24) is 9.78 Å². The molecule has 1 aromatic carbocycles. The summed E-state index contributed by atoms with van der Waals surface area (Å²) >= 11 is 0. The maximum Gasteiger partial charge on any atom is 0.115 e. The van der Waals surface area contributed by atoms with E-state index in [1.54, 1.807) is 0 Å². The Morgan fingerprint density at radius 1 is 1.33 bits per heavy atom. The van der Waals surface area contributed by atoms with Crippen LogP contribution in [-0.2, 0) is 0 Å². The Kier molecular flexibility index (Phi) is 3.41. The Morgan fingerprint density at radius 2 is 2.06 bits per heavy atom. The van der Waals surface area contributed by atoms with E-state index in [1.807, 2.05) is 10.9 Å². The van der Waals surface area contributed by atoms with Crippen LogP contribution in [0.2, 0.25) is 0 Å². The van der Waals surface area contributed by atoms with Crippen molar-refractivity contribution in [3.8, 4) is 11.3 Å². The molecule has 0 amide bonds. The number of nitrogen functional groups attached to an aromatic ring is 1. The Bertz CT molecular complexity index is 555. The van der Waals surface area contributed by atoms with Crippen molar-refractivity contribution in [2.45, 2.75) is 40.2 Å². The van der Waals surface area contributed by atoms with E-state index in [0.717, 1.165) is 23.4 Å². The van der Waals surface area contributed by atoms with Crippen LogP contribution in [0, 0.1) is 13.8 Å². The molecule has 0 saturated carbocycles. The SMILES string of the molecule is CCC(C)n1cc(N)c(-c2cc(C)ccc2C)n1. The van der Waals surface area contributed by atoms with Gasteiger partial charge in [0.25, 0.3) is 0 Å². The fourth-order valence-corrected chi connectivity index (χ4v) is 2.02. The van der Waals surface area contributed by atoms with Gasteiger partial charge in [-0.05, 0) is 38.8 Å². The third-order valence-electron chi connectivity index (χ3n) is 3.45. The van der Waals surface area contributed by atoms with E-state index in [2.05, 4.69) is 51.0 Å². The van der Waals surface area contributed by atoms with Gasteiger partial charge in [-0.25, -0.2) is 0 Å². The van der Waals surface area contributed by atoms with E-state index in [9.17, 15) is 0 Å². The molecule has 18 heavy (non-hydrogen) atoms. The molecule has 0 aliphatic carbocycles. The molecule has 0 fully saturated rings. The zero-order valence-electron chi connectivity index (χ0n) is 11.6. The zero-order chi connectivity index (χ0) is 13.3. The van der Waals surface area contributed by atoms with Gasteiger partial charge in [0.05, 0.1) is 5.69 Å². The van der Waals surface area contributed by atoms with Crippen molar-refractivity contribution in [3.05, 3.63) is 35.5 Å². The Labute approximate surface area is 109 Å². The molecule has 1 aromatic heterocycles. The number of aryl methyl sites for hydroxylation is 2. The van der Waals surface area contributed by atoms with Gasteiger partial charge in [0, 0.05) is 17.8 Å². The molecule has 2 aromatic rings. The third kappa shape index (κ3) is 2.26. The highest BCUT2D eigenvalue weighted by Crippen LogP contribution is 2.29. The standard InChI is InChI=1S/C15H21N3/c1-5-12(4)18-9-14(16)15(17-18)13-8-10(2)6-7-11(13)3/h6-9,12H,5,16H2,1-4H3. The lowest BCUT2D eigenvalue weighted by atomic mass is 10.0. The van der Waals surface area contributed by atoms with Gasteiger partial charge < -0.3 is 5.73 Å². The predicted octanol–water partition coefficient (Wildman–Crippen LogP) is 3.72. The van der Waals surface area contributed by atoms with Crippen molar-refractivity contribution in [2.24, 2.45) is 0 Å². The minimum absolute atomic E-state index is 0.381. The predicted molar refractivity (Wildman–Crippen MR) is 76.6 cm³/mol. The summed E-state index contributed by atoms with van der Waals surface area (Å²) in [5.74, 6) is 0. The molecule has 0 aliphatic heterocycles. The third-order valence-corrected chi connectivity index (χ3v) is 3.45. The molecule has 1 atom stereocenters. The first-order valence-electron chi connectivity index (χ1n) is 6.45. The highest BCUT2D eigenvalue weighted by molar-refractivity contribution is 5.74. The van der Waals surface area contributed by atoms with Crippen LogP contribution in [0.25, 0.3) is 11.3 Å². The summed E-state index contributed by atoms with van der Waals surface area (Å²) in [5.41, 5.74) is 11.3. The lowest BCUT2D eigenvalue weighted by Crippen LogP contribution is -2.04. The number of nitrogens with zero attached hydrogens (tertiary/aromatic N) is 2. The Hall–Kier alpha value is -1.77. The van der Waals surface area contributed by atoms with Crippen LogP contribution in [0.3, 0.4) is 0 Å². The zero-order valence-corrected chi connectivity index (χ0v) is 11.6. The minimum Gasteiger partial charge on any atom is -0.396 e. The summed E-state index contributed by atoms with van der Waals surface area (Å²) in [7, 11) is 0. The molecule has 0 spiro atoms. The van der Waals surface area contributed by atoms with Crippen LogP contribution >= 0.6 is 0 Å². The van der Waals surface area contributed by atoms with E-state index < -0.39 is 0 Å². The average Bonchev–Trinajstić information content (AvgIpc) is 2.73. The van der Waals surface area contributed by atoms with E-state index in [-0.39, 0.29) is 0 Å². The summed E-state index contributed by atoms with van der Waals surface area (Å²) in [5, 5.41) is 4.64. The molecule has 0 radical (unpaired) electrons. The van der Waals surface area contributed by atoms with Gasteiger partial charge in [-0.1, -0.05) is 24.6 Å². The maximum absolute atomic E-state index is 6.10. The van der Waals surface area contributed by atoms with Crippen LogP contribution in [0.15, 0.2) is 24.4 Å². The molecule has 0 aliphatic rings. The second-order valence-corrected chi connectivity index (χ2v) is 4.99. The van der Waals surface area contributed by atoms with Gasteiger partial charge in [-0.15, -0.1) is 0 Å². The summed E-state index contributed by atoms with van der Waals surface area (Å²) in [6, 6.07) is 6.76. The molecule has 1 unspecified atom stereocenters. The number of rotatable bonds is 3. The summed E-state index contributed by atoms with van der Waals surface area (Å²) < 4.78 is 1.96. The van der Waals surface area contributed by atoms with Crippen LogP contribution in [0.1, 0.15) is 37.4 Å². The van der Waals surface area contributed by atoms with Crippen LogP contribution in [0.5, 0.6) is 0 Å². The number of anilines is 1. The van der Waals surface area contributed by atoms with Gasteiger partial charge >= 0.3 is 0 Å². The summed E-state index contributed by atoms with van der Waals surface area (Å²) in [4.78, 5) is 0. The van der Waals surface area contributed by atoms with Gasteiger partial charge in [-0.3, -0.25) is 4.68 Å². The fraction of sp³-hybridized carbons (Fsp3) is 0.400. The Balaban J connectivity index is 2.50. The van der Waals surface area contributed by atoms with E-state index in [0.29, 0.717) is 6.04 Å². The molecule has 3 heteroatoms.